The van der Waals surface area contributed by atoms with Crippen molar-refractivity contribution in [1.29, 1.82) is 0 Å². The van der Waals surface area contributed by atoms with Crippen LogP contribution in [0.4, 0.5) is 0 Å². The molecule has 0 atom stereocenters. The van der Waals surface area contributed by atoms with Gasteiger partial charge in [0.25, 0.3) is 0 Å². The molecular formula is C11H11BrClN3. The molecule has 1 heterocycles. The second-order valence-electron chi connectivity index (χ2n) is 3.78. The molecule has 1 aromatic heterocycles. The number of rotatable bonds is 2. The summed E-state index contributed by atoms with van der Waals surface area (Å²) in [4.78, 5) is 0. The summed E-state index contributed by atoms with van der Waals surface area (Å²) in [6, 6.07) is 6.05. The minimum atomic E-state index is 0.310. The molecule has 3 nitrogen and oxygen atoms in total. The van der Waals surface area contributed by atoms with E-state index in [1.165, 1.54) is 0 Å². The quantitative estimate of drug-likeness (QED) is 0.841. The molecular weight excluding hydrogens is 289 g/mol. The lowest BCUT2D eigenvalue weighted by Gasteiger charge is -2.11. The minimum absolute atomic E-state index is 0.310. The SMILES string of the molecule is CC(C)n1cnnc1-c1ccc(Br)cc1Cl. The van der Waals surface area contributed by atoms with Crippen LogP contribution < -0.4 is 0 Å². The molecule has 0 radical (unpaired) electrons. The molecule has 0 fully saturated rings. The van der Waals surface area contributed by atoms with E-state index in [2.05, 4.69) is 40.0 Å². The standard InChI is InChI=1S/C11H11BrClN3/c1-7(2)16-6-14-15-11(16)9-4-3-8(12)5-10(9)13/h3-7H,1-2H3. The zero-order valence-corrected chi connectivity index (χ0v) is 11.3. The molecule has 0 spiro atoms. The third-order valence-electron chi connectivity index (χ3n) is 2.30. The molecule has 5 heteroatoms. The highest BCUT2D eigenvalue weighted by Gasteiger charge is 2.12. The van der Waals surface area contributed by atoms with Crippen LogP contribution in [-0.4, -0.2) is 14.8 Å². The van der Waals surface area contributed by atoms with E-state index in [1.807, 2.05) is 22.8 Å². The van der Waals surface area contributed by atoms with Gasteiger partial charge in [0.2, 0.25) is 0 Å². The molecule has 84 valence electrons. The van der Waals surface area contributed by atoms with Gasteiger partial charge in [-0.25, -0.2) is 0 Å². The van der Waals surface area contributed by atoms with Crippen LogP contribution in [0, 0.1) is 0 Å². The van der Waals surface area contributed by atoms with Gasteiger partial charge in [0.1, 0.15) is 6.33 Å². The van der Waals surface area contributed by atoms with E-state index in [0.717, 1.165) is 15.9 Å². The molecule has 0 bridgehead atoms. The molecule has 0 aliphatic carbocycles. The van der Waals surface area contributed by atoms with Crippen LogP contribution in [0.5, 0.6) is 0 Å². The van der Waals surface area contributed by atoms with Gasteiger partial charge in [0.05, 0.1) is 5.02 Å². The third-order valence-corrected chi connectivity index (χ3v) is 3.11. The van der Waals surface area contributed by atoms with Crippen LogP contribution in [0.15, 0.2) is 29.0 Å². The summed E-state index contributed by atoms with van der Waals surface area (Å²) in [7, 11) is 0. The maximum atomic E-state index is 6.19. The summed E-state index contributed by atoms with van der Waals surface area (Å²) in [5, 5.41) is 8.71. The second kappa shape index (κ2) is 4.55. The number of nitrogens with zero attached hydrogens (tertiary/aromatic N) is 3. The fraction of sp³-hybridized carbons (Fsp3) is 0.273. The van der Waals surface area contributed by atoms with Gasteiger partial charge in [0, 0.05) is 16.1 Å². The lowest BCUT2D eigenvalue weighted by Crippen LogP contribution is -2.01. The lowest BCUT2D eigenvalue weighted by molar-refractivity contribution is 0.604. The van der Waals surface area contributed by atoms with Gasteiger partial charge in [0.15, 0.2) is 5.82 Å². The summed E-state index contributed by atoms with van der Waals surface area (Å²) in [5.41, 5.74) is 0.899. The smallest absolute Gasteiger partial charge is 0.165 e. The van der Waals surface area contributed by atoms with Gasteiger partial charge in [-0.1, -0.05) is 27.5 Å². The fourth-order valence-corrected chi connectivity index (χ4v) is 2.24. The fourth-order valence-electron chi connectivity index (χ4n) is 1.48. The Morgan fingerprint density at radius 1 is 1.38 bits per heavy atom. The zero-order valence-electron chi connectivity index (χ0n) is 8.98. The van der Waals surface area contributed by atoms with Gasteiger partial charge in [-0.3, -0.25) is 0 Å². The number of hydrogen-bond acceptors (Lipinski definition) is 2. The van der Waals surface area contributed by atoms with E-state index in [-0.39, 0.29) is 0 Å². The van der Waals surface area contributed by atoms with E-state index in [4.69, 9.17) is 11.6 Å². The number of hydrogen-bond donors (Lipinski definition) is 0. The van der Waals surface area contributed by atoms with Crippen molar-refractivity contribution < 1.29 is 0 Å². The van der Waals surface area contributed by atoms with Gasteiger partial charge in [-0.05, 0) is 32.0 Å². The van der Waals surface area contributed by atoms with E-state index in [1.54, 1.807) is 6.33 Å². The van der Waals surface area contributed by atoms with Crippen molar-refractivity contribution in [3.8, 4) is 11.4 Å². The number of aromatic nitrogens is 3. The molecule has 0 amide bonds. The second-order valence-corrected chi connectivity index (χ2v) is 5.10. The average molecular weight is 301 g/mol. The maximum absolute atomic E-state index is 6.19. The Balaban J connectivity index is 2.54. The number of halogens is 2. The predicted octanol–water partition coefficient (Wildman–Crippen LogP) is 3.94. The first kappa shape index (κ1) is 11.6. The van der Waals surface area contributed by atoms with E-state index in [0.29, 0.717) is 11.1 Å². The summed E-state index contributed by atoms with van der Waals surface area (Å²) in [6.45, 7) is 4.17. The van der Waals surface area contributed by atoms with Gasteiger partial charge < -0.3 is 4.57 Å². The summed E-state index contributed by atoms with van der Waals surface area (Å²) in [5.74, 6) is 0.799. The maximum Gasteiger partial charge on any atom is 0.165 e. The van der Waals surface area contributed by atoms with Crippen LogP contribution in [0.3, 0.4) is 0 Å². The lowest BCUT2D eigenvalue weighted by atomic mass is 10.2. The van der Waals surface area contributed by atoms with Crippen molar-refractivity contribution in [1.82, 2.24) is 14.8 Å². The Morgan fingerprint density at radius 2 is 2.12 bits per heavy atom. The Kier molecular flexibility index (Phi) is 3.30. The van der Waals surface area contributed by atoms with E-state index >= 15 is 0 Å². The summed E-state index contributed by atoms with van der Waals surface area (Å²) < 4.78 is 2.95. The normalized spacial score (nSPS) is 11.1. The third kappa shape index (κ3) is 2.13. The average Bonchev–Trinajstić information content (AvgIpc) is 2.66. The summed E-state index contributed by atoms with van der Waals surface area (Å²) >= 11 is 9.57. The van der Waals surface area contributed by atoms with Gasteiger partial charge in [-0.15, -0.1) is 10.2 Å². The molecule has 0 N–H and O–H groups in total. The van der Waals surface area contributed by atoms with Crippen LogP contribution in [0.25, 0.3) is 11.4 Å². The molecule has 2 aromatic rings. The first-order chi connectivity index (χ1) is 7.59. The van der Waals surface area contributed by atoms with Crippen LogP contribution in [0.1, 0.15) is 19.9 Å². The topological polar surface area (TPSA) is 30.7 Å². The molecule has 1 aromatic carbocycles. The molecule has 0 aliphatic heterocycles. The molecule has 0 saturated carbocycles. The first-order valence-corrected chi connectivity index (χ1v) is 6.11. The minimum Gasteiger partial charge on any atom is -0.311 e. The predicted molar refractivity (Wildman–Crippen MR) is 68.6 cm³/mol. The van der Waals surface area contributed by atoms with Crippen molar-refractivity contribution in [2.24, 2.45) is 0 Å². The molecule has 16 heavy (non-hydrogen) atoms. The van der Waals surface area contributed by atoms with Gasteiger partial charge in [-0.2, -0.15) is 0 Å². The summed E-state index contributed by atoms with van der Waals surface area (Å²) in [6.07, 6.45) is 1.72. The Hall–Kier alpha value is -0.870. The van der Waals surface area contributed by atoms with Crippen molar-refractivity contribution in [2.75, 3.05) is 0 Å². The van der Waals surface area contributed by atoms with E-state index in [9.17, 15) is 0 Å². The van der Waals surface area contributed by atoms with Crippen LogP contribution >= 0.6 is 27.5 Å². The zero-order chi connectivity index (χ0) is 11.7. The van der Waals surface area contributed by atoms with E-state index < -0.39 is 0 Å². The highest BCUT2D eigenvalue weighted by Crippen LogP contribution is 2.30. The van der Waals surface area contributed by atoms with Crippen molar-refractivity contribution in [3.63, 3.8) is 0 Å². The highest BCUT2D eigenvalue weighted by molar-refractivity contribution is 9.10. The Bertz CT molecular complexity index is 508. The number of benzene rings is 1. The molecule has 0 unspecified atom stereocenters. The largest absolute Gasteiger partial charge is 0.311 e. The van der Waals surface area contributed by atoms with Crippen LogP contribution in [0.2, 0.25) is 5.02 Å². The highest BCUT2D eigenvalue weighted by atomic mass is 79.9. The van der Waals surface area contributed by atoms with Crippen LogP contribution in [-0.2, 0) is 0 Å². The Labute approximate surface area is 108 Å². The van der Waals surface area contributed by atoms with Crippen molar-refractivity contribution >= 4 is 27.5 Å². The first-order valence-electron chi connectivity index (χ1n) is 4.94. The monoisotopic (exact) mass is 299 g/mol. The van der Waals surface area contributed by atoms with Crippen molar-refractivity contribution in [2.45, 2.75) is 19.9 Å². The molecule has 2 rings (SSSR count). The molecule has 0 aliphatic rings. The van der Waals surface area contributed by atoms with Gasteiger partial charge >= 0.3 is 0 Å². The van der Waals surface area contributed by atoms with Crippen molar-refractivity contribution in [3.05, 3.63) is 34.0 Å². The Morgan fingerprint density at radius 3 is 2.75 bits per heavy atom. The molecule has 0 saturated heterocycles.